The molecule has 0 spiro atoms. The number of phenols is 1. The molecular formula is C20H18N2O2S2. The molecule has 2 aliphatic heterocycles. The minimum atomic E-state index is -0.152. The summed E-state index contributed by atoms with van der Waals surface area (Å²) in [5, 5.41) is 9.67. The number of amides is 1. The van der Waals surface area contributed by atoms with Crippen molar-refractivity contribution in [3.05, 3.63) is 58.5 Å². The third-order valence-corrected chi connectivity index (χ3v) is 5.94. The average Bonchev–Trinajstić information content (AvgIpc) is 2.88. The highest BCUT2D eigenvalue weighted by molar-refractivity contribution is 8.27. The molecule has 2 heterocycles. The van der Waals surface area contributed by atoms with Crippen LogP contribution in [0.25, 0.3) is 6.08 Å². The number of fused-ring (bicyclic) bond motifs is 1. The zero-order chi connectivity index (χ0) is 18.3. The van der Waals surface area contributed by atoms with Crippen LogP contribution in [0, 0.1) is 0 Å². The van der Waals surface area contributed by atoms with Gasteiger partial charge in [-0.15, -0.1) is 0 Å². The van der Waals surface area contributed by atoms with Crippen LogP contribution >= 0.6 is 24.0 Å². The molecule has 1 saturated heterocycles. The summed E-state index contributed by atoms with van der Waals surface area (Å²) in [6.07, 6.45) is 4.11. The van der Waals surface area contributed by atoms with Crippen LogP contribution < -0.4 is 9.80 Å². The van der Waals surface area contributed by atoms with Crippen molar-refractivity contribution < 1.29 is 9.90 Å². The molecule has 0 radical (unpaired) electrons. The topological polar surface area (TPSA) is 43.8 Å². The van der Waals surface area contributed by atoms with E-state index in [1.807, 2.05) is 12.1 Å². The van der Waals surface area contributed by atoms with Crippen LogP contribution in [0.3, 0.4) is 0 Å². The molecule has 2 aromatic carbocycles. The Balaban J connectivity index is 1.64. The Bertz CT molecular complexity index is 939. The minimum Gasteiger partial charge on any atom is -0.508 e. The van der Waals surface area contributed by atoms with E-state index in [0.717, 1.165) is 24.9 Å². The van der Waals surface area contributed by atoms with E-state index in [2.05, 4.69) is 24.1 Å². The van der Waals surface area contributed by atoms with Gasteiger partial charge in [0.15, 0.2) is 4.32 Å². The fraction of sp³-hybridized carbons (Fsp3) is 0.200. The molecule has 2 aromatic rings. The quantitative estimate of drug-likeness (QED) is 0.623. The number of anilines is 2. The maximum atomic E-state index is 12.8. The Morgan fingerprint density at radius 2 is 2.08 bits per heavy atom. The van der Waals surface area contributed by atoms with Crippen molar-refractivity contribution in [2.75, 3.05) is 23.4 Å². The molecule has 1 fully saturated rings. The molecule has 0 atom stereocenters. The highest BCUT2D eigenvalue weighted by Gasteiger charge is 2.33. The van der Waals surface area contributed by atoms with Crippen molar-refractivity contribution in [3.63, 3.8) is 0 Å². The number of aryl methyl sites for hydroxylation is 1. The van der Waals surface area contributed by atoms with Crippen molar-refractivity contribution in [2.45, 2.75) is 12.8 Å². The van der Waals surface area contributed by atoms with E-state index >= 15 is 0 Å². The normalized spacial score (nSPS) is 18.6. The molecule has 4 nitrogen and oxygen atoms in total. The number of nitrogens with zero attached hydrogens (tertiary/aromatic N) is 2. The summed E-state index contributed by atoms with van der Waals surface area (Å²) in [7, 11) is 2.11. The predicted molar refractivity (Wildman–Crippen MR) is 112 cm³/mol. The van der Waals surface area contributed by atoms with Crippen LogP contribution in [0.2, 0.25) is 0 Å². The molecule has 1 amide bonds. The van der Waals surface area contributed by atoms with Gasteiger partial charge < -0.3 is 10.0 Å². The summed E-state index contributed by atoms with van der Waals surface area (Å²) < 4.78 is 0.476. The summed E-state index contributed by atoms with van der Waals surface area (Å²) in [5.41, 5.74) is 4.18. The second kappa shape index (κ2) is 6.78. The second-order valence-corrected chi connectivity index (χ2v) is 8.13. The Hall–Kier alpha value is -2.31. The molecule has 0 aliphatic carbocycles. The van der Waals surface area contributed by atoms with Gasteiger partial charge in [-0.25, -0.2) is 0 Å². The Labute approximate surface area is 162 Å². The van der Waals surface area contributed by atoms with E-state index in [9.17, 15) is 9.90 Å². The Kier molecular flexibility index (Phi) is 4.46. The summed E-state index contributed by atoms with van der Waals surface area (Å²) in [5.74, 6) is -0.0419. The highest BCUT2D eigenvalue weighted by atomic mass is 32.2. The fourth-order valence-electron chi connectivity index (χ4n) is 3.37. The van der Waals surface area contributed by atoms with E-state index in [-0.39, 0.29) is 11.7 Å². The lowest BCUT2D eigenvalue weighted by Crippen LogP contribution is -2.27. The van der Waals surface area contributed by atoms with Crippen LogP contribution in [-0.4, -0.2) is 28.9 Å². The number of hydrogen-bond donors (Lipinski definition) is 1. The largest absolute Gasteiger partial charge is 0.508 e. The van der Waals surface area contributed by atoms with Gasteiger partial charge in [0.2, 0.25) is 0 Å². The predicted octanol–water partition coefficient (Wildman–Crippen LogP) is 4.18. The van der Waals surface area contributed by atoms with Crippen molar-refractivity contribution in [1.29, 1.82) is 0 Å². The van der Waals surface area contributed by atoms with Crippen LogP contribution in [0.4, 0.5) is 11.4 Å². The van der Waals surface area contributed by atoms with Crippen LogP contribution in [0.15, 0.2) is 47.4 Å². The van der Waals surface area contributed by atoms with E-state index in [1.54, 1.807) is 24.3 Å². The second-order valence-electron chi connectivity index (χ2n) is 6.45. The van der Waals surface area contributed by atoms with E-state index in [0.29, 0.717) is 14.9 Å². The first-order valence-corrected chi connectivity index (χ1v) is 9.66. The molecule has 132 valence electrons. The Morgan fingerprint density at radius 3 is 2.88 bits per heavy atom. The summed E-state index contributed by atoms with van der Waals surface area (Å²) >= 11 is 6.68. The third kappa shape index (κ3) is 3.10. The first-order valence-electron chi connectivity index (χ1n) is 8.44. The number of phenolic OH excluding ortho intramolecular Hbond substituents is 1. The van der Waals surface area contributed by atoms with Crippen LogP contribution in [-0.2, 0) is 11.2 Å². The lowest BCUT2D eigenvalue weighted by atomic mass is 9.99. The van der Waals surface area contributed by atoms with Crippen molar-refractivity contribution in [3.8, 4) is 5.75 Å². The first kappa shape index (κ1) is 17.1. The van der Waals surface area contributed by atoms with Gasteiger partial charge in [-0.2, -0.15) is 0 Å². The van der Waals surface area contributed by atoms with Crippen LogP contribution in [0.1, 0.15) is 17.5 Å². The zero-order valence-electron chi connectivity index (χ0n) is 14.3. The number of thioether (sulfide) groups is 1. The van der Waals surface area contributed by atoms with Gasteiger partial charge in [-0.05, 0) is 54.3 Å². The van der Waals surface area contributed by atoms with Gasteiger partial charge in [-0.3, -0.25) is 9.69 Å². The first-order chi connectivity index (χ1) is 12.5. The number of rotatable bonds is 2. The molecule has 2 aliphatic rings. The van der Waals surface area contributed by atoms with Gasteiger partial charge in [0, 0.05) is 25.3 Å². The third-order valence-electron chi connectivity index (χ3n) is 4.63. The molecule has 26 heavy (non-hydrogen) atoms. The smallest absolute Gasteiger partial charge is 0.270 e. The molecule has 1 N–H and O–H groups in total. The molecule has 6 heteroatoms. The van der Waals surface area contributed by atoms with E-state index in [1.165, 1.54) is 27.9 Å². The van der Waals surface area contributed by atoms with Crippen molar-refractivity contribution in [1.82, 2.24) is 0 Å². The summed E-state index contributed by atoms with van der Waals surface area (Å²) in [4.78, 5) is 17.2. The number of aromatic hydroxyl groups is 1. The van der Waals surface area contributed by atoms with Gasteiger partial charge >= 0.3 is 0 Å². The molecular weight excluding hydrogens is 364 g/mol. The lowest BCUT2D eigenvalue weighted by molar-refractivity contribution is -0.113. The van der Waals surface area contributed by atoms with Gasteiger partial charge in [0.1, 0.15) is 5.75 Å². The number of thiocarbonyl (C=S) groups is 1. The minimum absolute atomic E-state index is 0.110. The summed E-state index contributed by atoms with van der Waals surface area (Å²) in [6, 6.07) is 12.9. The fourth-order valence-corrected chi connectivity index (χ4v) is 4.67. The van der Waals surface area contributed by atoms with Gasteiger partial charge in [-0.1, -0.05) is 36.1 Å². The van der Waals surface area contributed by atoms with Crippen molar-refractivity contribution in [2.24, 2.45) is 0 Å². The SMILES string of the molecule is CN1CCCc2cc(/C=C3\SC(=S)N(c4cccc(O)c4)C3=O)ccc21. The Morgan fingerprint density at radius 1 is 1.23 bits per heavy atom. The van der Waals surface area contributed by atoms with Crippen molar-refractivity contribution >= 4 is 51.7 Å². The standard InChI is InChI=1S/C20H18N2O2S2/c1-21-9-3-4-14-10-13(7-8-17(14)21)11-18-19(24)22(20(25)26-18)15-5-2-6-16(23)12-15/h2,5-8,10-12,23H,3-4,9H2,1H3/b18-11-. The number of carbonyl (C=O) groups is 1. The number of benzene rings is 2. The highest BCUT2D eigenvalue weighted by Crippen LogP contribution is 2.37. The van der Waals surface area contributed by atoms with Gasteiger partial charge in [0.25, 0.3) is 5.91 Å². The molecule has 0 bridgehead atoms. The molecule has 4 rings (SSSR count). The average molecular weight is 383 g/mol. The monoisotopic (exact) mass is 382 g/mol. The van der Waals surface area contributed by atoms with Crippen LogP contribution in [0.5, 0.6) is 5.75 Å². The molecule has 0 unspecified atom stereocenters. The maximum Gasteiger partial charge on any atom is 0.270 e. The molecule has 0 aromatic heterocycles. The number of carbonyl (C=O) groups excluding carboxylic acids is 1. The van der Waals surface area contributed by atoms with E-state index in [4.69, 9.17) is 12.2 Å². The van der Waals surface area contributed by atoms with E-state index < -0.39 is 0 Å². The lowest BCUT2D eigenvalue weighted by Gasteiger charge is -2.27. The molecule has 0 saturated carbocycles. The summed E-state index contributed by atoms with van der Waals surface area (Å²) in [6.45, 7) is 1.08. The number of hydrogen-bond acceptors (Lipinski definition) is 5. The van der Waals surface area contributed by atoms with Gasteiger partial charge in [0.05, 0.1) is 10.6 Å². The maximum absolute atomic E-state index is 12.8. The zero-order valence-corrected chi connectivity index (χ0v) is 15.9.